The van der Waals surface area contributed by atoms with E-state index in [1.165, 1.54) is 24.5 Å². The summed E-state index contributed by atoms with van der Waals surface area (Å²) in [5.41, 5.74) is 4.32. The molecular weight excluding hydrogens is 487 g/mol. The highest BCUT2D eigenvalue weighted by Crippen LogP contribution is 2.46. The van der Waals surface area contributed by atoms with Gasteiger partial charge < -0.3 is 10.6 Å². The Morgan fingerprint density at radius 2 is 1.58 bits per heavy atom. The number of hydrogen-bond donors (Lipinski definition) is 2. The summed E-state index contributed by atoms with van der Waals surface area (Å²) in [6.45, 7) is 3.98. The summed E-state index contributed by atoms with van der Waals surface area (Å²) in [6.07, 6.45) is -2.09. The molecule has 2 aliphatic heterocycles. The molecule has 5 nitrogen and oxygen atoms in total. The third-order valence-electron chi connectivity index (χ3n) is 6.78. The first-order valence-corrected chi connectivity index (χ1v) is 12.4. The minimum Gasteiger partial charge on any atom is -0.344 e. The van der Waals surface area contributed by atoms with E-state index in [1.807, 2.05) is 50.2 Å². The molecule has 3 aromatic rings. The fourth-order valence-electron chi connectivity index (χ4n) is 4.95. The number of nitrogens with zero attached hydrogens (tertiary/aromatic N) is 1. The normalized spacial score (nSPS) is 21.8. The largest absolute Gasteiger partial charge is 0.409 e. The van der Waals surface area contributed by atoms with Crippen molar-refractivity contribution < 1.29 is 22.8 Å². The van der Waals surface area contributed by atoms with Crippen molar-refractivity contribution in [2.45, 2.75) is 54.2 Å². The van der Waals surface area contributed by atoms with Crippen molar-refractivity contribution in [1.29, 1.82) is 0 Å². The summed E-state index contributed by atoms with van der Waals surface area (Å²) in [7, 11) is 0. The average Bonchev–Trinajstić information content (AvgIpc) is 2.83. The highest BCUT2D eigenvalue weighted by molar-refractivity contribution is 7.99. The van der Waals surface area contributed by atoms with Crippen molar-refractivity contribution in [1.82, 2.24) is 15.6 Å². The van der Waals surface area contributed by atoms with Crippen molar-refractivity contribution in [2.24, 2.45) is 5.92 Å². The fraction of sp³-hybridized carbons (Fsp3) is 0.296. The first kappa shape index (κ1) is 24.4. The van der Waals surface area contributed by atoms with E-state index < -0.39 is 41.9 Å². The van der Waals surface area contributed by atoms with Gasteiger partial charge >= 0.3 is 6.18 Å². The van der Waals surface area contributed by atoms with Gasteiger partial charge in [-0.2, -0.15) is 13.2 Å². The van der Waals surface area contributed by atoms with Crippen LogP contribution in [-0.2, 0) is 9.59 Å². The van der Waals surface area contributed by atoms with E-state index in [9.17, 15) is 22.8 Å². The first-order chi connectivity index (χ1) is 17.1. The monoisotopic (exact) mass is 511 g/mol. The SMILES string of the molecule is Cc1ccc2c(c1)Sc1cc(C)ccc1C2NC(=O)C1CC(c2ccncc2)C(C(F)(F)F)NC1=O. The molecular formula is C27H24F3N3O2S. The Bertz CT molecular complexity index is 1280. The zero-order chi connectivity index (χ0) is 25.6. The predicted molar refractivity (Wildman–Crippen MR) is 130 cm³/mol. The van der Waals surface area contributed by atoms with Crippen LogP contribution in [0.15, 0.2) is 70.7 Å². The summed E-state index contributed by atoms with van der Waals surface area (Å²) in [6, 6.07) is 12.3. The maximum absolute atomic E-state index is 13.8. The number of halogens is 3. The molecule has 2 aromatic carbocycles. The van der Waals surface area contributed by atoms with Gasteiger partial charge in [-0.3, -0.25) is 14.6 Å². The van der Waals surface area contributed by atoms with Crippen LogP contribution in [0.5, 0.6) is 0 Å². The van der Waals surface area contributed by atoms with Gasteiger partial charge in [0.25, 0.3) is 0 Å². The van der Waals surface area contributed by atoms with E-state index >= 15 is 0 Å². The maximum Gasteiger partial charge on any atom is 0.409 e. The number of pyridine rings is 1. The van der Waals surface area contributed by atoms with Crippen molar-refractivity contribution in [3.05, 3.63) is 88.7 Å². The number of piperidine rings is 1. The Kier molecular flexibility index (Phi) is 6.28. The number of alkyl halides is 3. The molecule has 2 aliphatic rings. The third kappa shape index (κ3) is 4.59. The zero-order valence-corrected chi connectivity index (χ0v) is 20.4. The number of amides is 2. The smallest absolute Gasteiger partial charge is 0.344 e. The van der Waals surface area contributed by atoms with E-state index in [0.29, 0.717) is 5.56 Å². The Morgan fingerprint density at radius 3 is 2.14 bits per heavy atom. The molecule has 3 unspecified atom stereocenters. The average molecular weight is 512 g/mol. The van der Waals surface area contributed by atoms with Crippen LogP contribution in [-0.4, -0.2) is 29.0 Å². The second kappa shape index (κ2) is 9.28. The molecule has 2 amide bonds. The lowest BCUT2D eigenvalue weighted by Gasteiger charge is -2.38. The number of fused-ring (bicyclic) bond motifs is 2. The van der Waals surface area contributed by atoms with Crippen molar-refractivity contribution in [2.75, 3.05) is 0 Å². The maximum atomic E-state index is 13.8. The quantitative estimate of drug-likeness (QED) is 0.473. The van der Waals surface area contributed by atoms with Crippen LogP contribution in [0.1, 0.15) is 46.2 Å². The molecule has 0 saturated carbocycles. The summed E-state index contributed by atoms with van der Waals surface area (Å²) in [5, 5.41) is 5.07. The van der Waals surface area contributed by atoms with Gasteiger partial charge in [-0.25, -0.2) is 0 Å². The van der Waals surface area contributed by atoms with E-state index in [2.05, 4.69) is 15.6 Å². The van der Waals surface area contributed by atoms with E-state index in [0.717, 1.165) is 32.0 Å². The molecule has 2 N–H and O–H groups in total. The van der Waals surface area contributed by atoms with Gasteiger partial charge in [-0.15, -0.1) is 0 Å². The lowest BCUT2D eigenvalue weighted by atomic mass is 9.79. The molecule has 36 heavy (non-hydrogen) atoms. The van der Waals surface area contributed by atoms with Crippen molar-refractivity contribution in [3.8, 4) is 0 Å². The minimum atomic E-state index is -4.65. The lowest BCUT2D eigenvalue weighted by Crippen LogP contribution is -2.58. The second-order valence-electron chi connectivity index (χ2n) is 9.33. The molecule has 0 radical (unpaired) electrons. The highest BCUT2D eigenvalue weighted by atomic mass is 32.2. The van der Waals surface area contributed by atoms with Gasteiger partial charge in [0.1, 0.15) is 12.0 Å². The topological polar surface area (TPSA) is 71.1 Å². The second-order valence-corrected chi connectivity index (χ2v) is 10.4. The molecule has 1 saturated heterocycles. The number of hydrogen-bond acceptors (Lipinski definition) is 4. The van der Waals surface area contributed by atoms with Gasteiger partial charge in [0.15, 0.2) is 0 Å². The Hall–Kier alpha value is -3.33. The Balaban J connectivity index is 1.47. The molecule has 9 heteroatoms. The van der Waals surface area contributed by atoms with Crippen LogP contribution in [0.3, 0.4) is 0 Å². The number of aromatic nitrogens is 1. The number of carbonyl (C=O) groups is 2. The first-order valence-electron chi connectivity index (χ1n) is 11.6. The number of rotatable bonds is 3. The number of carbonyl (C=O) groups excluding carboxylic acids is 2. The van der Waals surface area contributed by atoms with E-state index in [-0.39, 0.29) is 6.42 Å². The van der Waals surface area contributed by atoms with Crippen molar-refractivity contribution in [3.63, 3.8) is 0 Å². The summed E-state index contributed by atoms with van der Waals surface area (Å²) < 4.78 is 41.4. The van der Waals surface area contributed by atoms with Gasteiger partial charge in [-0.05, 0) is 72.4 Å². The fourth-order valence-corrected chi connectivity index (χ4v) is 6.28. The minimum absolute atomic E-state index is 0.255. The molecule has 0 bridgehead atoms. The van der Waals surface area contributed by atoms with Crippen LogP contribution >= 0.6 is 11.8 Å². The molecule has 5 rings (SSSR count). The van der Waals surface area contributed by atoms with Gasteiger partial charge in [0.05, 0.1) is 6.04 Å². The summed E-state index contributed by atoms with van der Waals surface area (Å²) >= 11 is 1.62. The summed E-state index contributed by atoms with van der Waals surface area (Å²) in [5.74, 6) is -3.88. The molecule has 0 aliphatic carbocycles. The molecule has 0 spiro atoms. The Labute approximate surface area is 210 Å². The standard InChI is InChI=1S/C27H24F3N3O2S/c1-14-3-5-17-21(11-14)36-22-12-15(2)4-6-18(22)23(17)32-25(34)20-13-19(16-7-9-31-10-8-16)24(27(28,29)30)33-26(20)35/h3-12,19-20,23-24H,13H2,1-2H3,(H,32,34)(H,33,35). The zero-order valence-electron chi connectivity index (χ0n) is 19.6. The molecule has 186 valence electrons. The molecule has 1 fully saturated rings. The van der Waals surface area contributed by atoms with E-state index in [4.69, 9.17) is 0 Å². The summed E-state index contributed by atoms with van der Waals surface area (Å²) in [4.78, 5) is 32.2. The lowest BCUT2D eigenvalue weighted by molar-refractivity contribution is -0.175. The van der Waals surface area contributed by atoms with Gasteiger partial charge in [0, 0.05) is 28.1 Å². The predicted octanol–water partition coefficient (Wildman–Crippen LogP) is 5.22. The third-order valence-corrected chi connectivity index (χ3v) is 7.92. The van der Waals surface area contributed by atoms with Crippen LogP contribution in [0.25, 0.3) is 0 Å². The van der Waals surface area contributed by atoms with Crippen molar-refractivity contribution >= 4 is 23.6 Å². The molecule has 3 atom stereocenters. The molecule has 1 aromatic heterocycles. The van der Waals surface area contributed by atoms with Crippen LogP contribution in [0, 0.1) is 19.8 Å². The van der Waals surface area contributed by atoms with Crippen LogP contribution in [0.4, 0.5) is 13.2 Å². The number of aryl methyl sites for hydroxylation is 2. The Morgan fingerprint density at radius 1 is 1.00 bits per heavy atom. The van der Waals surface area contributed by atoms with Gasteiger partial charge in [0.2, 0.25) is 11.8 Å². The number of nitrogens with one attached hydrogen (secondary N) is 2. The van der Waals surface area contributed by atoms with Crippen LogP contribution in [0.2, 0.25) is 0 Å². The highest BCUT2D eigenvalue weighted by Gasteiger charge is 2.52. The molecule has 3 heterocycles. The number of benzene rings is 2. The van der Waals surface area contributed by atoms with Crippen LogP contribution < -0.4 is 10.6 Å². The van der Waals surface area contributed by atoms with E-state index in [1.54, 1.807) is 11.8 Å². The van der Waals surface area contributed by atoms with Gasteiger partial charge in [-0.1, -0.05) is 36.0 Å².